The van der Waals surface area contributed by atoms with Crippen LogP contribution in [0.5, 0.6) is 0 Å². The molecule has 1 fully saturated rings. The van der Waals surface area contributed by atoms with Gasteiger partial charge in [-0.05, 0) is 43.7 Å². The standard InChI is InChI=1S/C24H23N7O/c1-15-3-7-25-13-20(15)31-10-6-19-23(30-11-12-32-14-16(30)2)28-22(29-24(19)31)18-5-9-27-21-17(18)4-8-26-21/h3-10,13,16H,11-12,14H2,1-2H3,(H,26,27)/t16-/m1/s1. The molecule has 160 valence electrons. The van der Waals surface area contributed by atoms with Crippen LogP contribution in [-0.4, -0.2) is 55.3 Å². The number of rotatable bonds is 3. The number of aromatic nitrogens is 6. The van der Waals surface area contributed by atoms with Gasteiger partial charge >= 0.3 is 0 Å². The van der Waals surface area contributed by atoms with E-state index in [9.17, 15) is 0 Å². The fourth-order valence-electron chi connectivity index (χ4n) is 4.44. The van der Waals surface area contributed by atoms with E-state index in [4.69, 9.17) is 14.7 Å². The molecule has 0 radical (unpaired) electrons. The number of nitrogens with one attached hydrogen (secondary N) is 1. The summed E-state index contributed by atoms with van der Waals surface area (Å²) in [5, 5.41) is 2.02. The second-order valence-electron chi connectivity index (χ2n) is 8.17. The first-order chi connectivity index (χ1) is 15.7. The Balaban J connectivity index is 1.64. The van der Waals surface area contributed by atoms with Gasteiger partial charge in [0.25, 0.3) is 0 Å². The van der Waals surface area contributed by atoms with E-state index in [1.807, 2.05) is 36.8 Å². The molecule has 0 unspecified atom stereocenters. The van der Waals surface area contributed by atoms with Crippen molar-refractivity contribution in [3.8, 4) is 17.1 Å². The lowest BCUT2D eigenvalue weighted by molar-refractivity contribution is 0.0987. The van der Waals surface area contributed by atoms with Crippen molar-refractivity contribution in [2.24, 2.45) is 0 Å². The number of H-pyrrole nitrogens is 1. The van der Waals surface area contributed by atoms with E-state index in [0.29, 0.717) is 19.0 Å². The third-order valence-corrected chi connectivity index (χ3v) is 6.14. The van der Waals surface area contributed by atoms with Crippen molar-refractivity contribution >= 4 is 27.9 Å². The fraction of sp³-hybridized carbons (Fsp3) is 0.250. The number of ether oxygens (including phenoxy) is 1. The zero-order valence-corrected chi connectivity index (χ0v) is 18.0. The highest BCUT2D eigenvalue weighted by molar-refractivity contribution is 5.95. The average molecular weight is 425 g/mol. The minimum absolute atomic E-state index is 0.225. The van der Waals surface area contributed by atoms with E-state index in [-0.39, 0.29) is 6.04 Å². The summed E-state index contributed by atoms with van der Waals surface area (Å²) in [6.45, 7) is 6.42. The van der Waals surface area contributed by atoms with E-state index in [1.165, 1.54) is 0 Å². The van der Waals surface area contributed by atoms with Crippen molar-refractivity contribution in [2.45, 2.75) is 19.9 Å². The van der Waals surface area contributed by atoms with Gasteiger partial charge < -0.3 is 14.6 Å². The first kappa shape index (κ1) is 18.9. The van der Waals surface area contributed by atoms with Crippen molar-refractivity contribution in [3.05, 3.63) is 60.8 Å². The Morgan fingerprint density at radius 2 is 2.03 bits per heavy atom. The Labute approximate surface area is 184 Å². The minimum Gasteiger partial charge on any atom is -0.377 e. The SMILES string of the molecule is Cc1ccncc1-n1ccc2c(N3CCOC[C@H]3C)nc(-c3ccnc4[nH]ccc34)nc21. The van der Waals surface area contributed by atoms with Crippen molar-refractivity contribution < 1.29 is 4.74 Å². The van der Waals surface area contributed by atoms with Crippen molar-refractivity contribution in [2.75, 3.05) is 24.7 Å². The molecule has 6 heterocycles. The van der Waals surface area contributed by atoms with E-state index >= 15 is 0 Å². The zero-order chi connectivity index (χ0) is 21.7. The lowest BCUT2D eigenvalue weighted by atomic mass is 10.1. The smallest absolute Gasteiger partial charge is 0.164 e. The molecule has 5 aromatic rings. The summed E-state index contributed by atoms with van der Waals surface area (Å²) in [7, 11) is 0. The molecule has 1 saturated heterocycles. The monoisotopic (exact) mass is 425 g/mol. The van der Waals surface area contributed by atoms with Gasteiger partial charge in [-0.25, -0.2) is 15.0 Å². The molecule has 1 aliphatic heterocycles. The molecule has 1 atom stereocenters. The summed E-state index contributed by atoms with van der Waals surface area (Å²) in [4.78, 5) is 24.4. The number of aromatic amines is 1. The normalized spacial score (nSPS) is 16.8. The lowest BCUT2D eigenvalue weighted by Crippen LogP contribution is -2.44. The molecule has 0 amide bonds. The van der Waals surface area contributed by atoms with Gasteiger partial charge in [-0.2, -0.15) is 0 Å². The summed E-state index contributed by atoms with van der Waals surface area (Å²) < 4.78 is 7.79. The molecular formula is C24H23N7O. The van der Waals surface area contributed by atoms with Gasteiger partial charge in [0, 0.05) is 42.3 Å². The number of aryl methyl sites for hydroxylation is 1. The van der Waals surface area contributed by atoms with Crippen molar-refractivity contribution in [1.29, 1.82) is 0 Å². The van der Waals surface area contributed by atoms with Gasteiger partial charge in [0.2, 0.25) is 0 Å². The van der Waals surface area contributed by atoms with Gasteiger partial charge in [-0.1, -0.05) is 0 Å². The summed E-state index contributed by atoms with van der Waals surface area (Å²) in [5.41, 5.74) is 4.78. The first-order valence-electron chi connectivity index (χ1n) is 10.8. The largest absolute Gasteiger partial charge is 0.377 e. The van der Waals surface area contributed by atoms with Gasteiger partial charge in [-0.15, -0.1) is 0 Å². The fourth-order valence-corrected chi connectivity index (χ4v) is 4.44. The molecule has 8 heteroatoms. The van der Waals surface area contributed by atoms with Crippen LogP contribution in [0.25, 0.3) is 39.1 Å². The van der Waals surface area contributed by atoms with Crippen LogP contribution in [0.2, 0.25) is 0 Å². The Morgan fingerprint density at radius 1 is 1.09 bits per heavy atom. The molecule has 32 heavy (non-hydrogen) atoms. The third kappa shape index (κ3) is 2.95. The number of anilines is 1. The number of fused-ring (bicyclic) bond motifs is 2. The molecular weight excluding hydrogens is 402 g/mol. The second kappa shape index (κ2) is 7.42. The van der Waals surface area contributed by atoms with Crippen LogP contribution in [0, 0.1) is 6.92 Å². The Kier molecular flexibility index (Phi) is 4.39. The van der Waals surface area contributed by atoms with Crippen LogP contribution < -0.4 is 4.90 Å². The Bertz CT molecular complexity index is 1440. The lowest BCUT2D eigenvalue weighted by Gasteiger charge is -2.34. The number of nitrogens with zero attached hydrogens (tertiary/aromatic N) is 6. The van der Waals surface area contributed by atoms with Crippen LogP contribution in [-0.2, 0) is 4.74 Å². The second-order valence-corrected chi connectivity index (χ2v) is 8.17. The molecule has 0 aromatic carbocycles. The van der Waals surface area contributed by atoms with Crippen LogP contribution >= 0.6 is 0 Å². The van der Waals surface area contributed by atoms with Gasteiger partial charge in [0.15, 0.2) is 11.5 Å². The van der Waals surface area contributed by atoms with Crippen LogP contribution in [0.15, 0.2) is 55.2 Å². The highest BCUT2D eigenvalue weighted by Gasteiger charge is 2.25. The maximum Gasteiger partial charge on any atom is 0.164 e. The number of pyridine rings is 2. The summed E-state index contributed by atoms with van der Waals surface area (Å²) in [5.74, 6) is 1.61. The molecule has 8 nitrogen and oxygen atoms in total. The third-order valence-electron chi connectivity index (χ3n) is 6.14. The zero-order valence-electron chi connectivity index (χ0n) is 18.0. The predicted octanol–water partition coefficient (Wildman–Crippen LogP) is 3.89. The Morgan fingerprint density at radius 3 is 2.91 bits per heavy atom. The average Bonchev–Trinajstić information content (AvgIpc) is 3.46. The molecule has 0 bridgehead atoms. The summed E-state index contributed by atoms with van der Waals surface area (Å²) in [6, 6.07) is 8.34. The number of hydrogen-bond donors (Lipinski definition) is 1. The van der Waals surface area contributed by atoms with E-state index in [1.54, 1.807) is 6.20 Å². The van der Waals surface area contributed by atoms with Gasteiger partial charge in [-0.3, -0.25) is 9.55 Å². The topological polar surface area (TPSA) is 84.8 Å². The van der Waals surface area contributed by atoms with Gasteiger partial charge in [0.05, 0.1) is 36.5 Å². The van der Waals surface area contributed by atoms with Crippen molar-refractivity contribution in [1.82, 2.24) is 29.5 Å². The summed E-state index contributed by atoms with van der Waals surface area (Å²) >= 11 is 0. The van der Waals surface area contributed by atoms with Crippen LogP contribution in [0.1, 0.15) is 12.5 Å². The number of hydrogen-bond acceptors (Lipinski definition) is 6. The molecule has 0 saturated carbocycles. The first-order valence-corrected chi connectivity index (χ1v) is 10.8. The molecule has 1 aliphatic rings. The molecule has 1 N–H and O–H groups in total. The minimum atomic E-state index is 0.225. The number of morpholine rings is 1. The highest BCUT2D eigenvalue weighted by Crippen LogP contribution is 2.33. The van der Waals surface area contributed by atoms with Crippen LogP contribution in [0.3, 0.4) is 0 Å². The summed E-state index contributed by atoms with van der Waals surface area (Å²) in [6.07, 6.45) is 9.44. The van der Waals surface area contributed by atoms with E-state index in [0.717, 1.165) is 51.2 Å². The maximum atomic E-state index is 5.69. The Hall–Kier alpha value is -3.78. The maximum absolute atomic E-state index is 5.69. The quantitative estimate of drug-likeness (QED) is 0.472. The molecule has 0 spiro atoms. The predicted molar refractivity (Wildman–Crippen MR) is 124 cm³/mol. The van der Waals surface area contributed by atoms with E-state index in [2.05, 4.69) is 50.5 Å². The molecule has 0 aliphatic carbocycles. The van der Waals surface area contributed by atoms with E-state index < -0.39 is 0 Å². The molecule has 6 rings (SSSR count). The van der Waals surface area contributed by atoms with Crippen molar-refractivity contribution in [3.63, 3.8) is 0 Å². The van der Waals surface area contributed by atoms with Gasteiger partial charge in [0.1, 0.15) is 11.5 Å². The van der Waals surface area contributed by atoms with Crippen LogP contribution in [0.4, 0.5) is 5.82 Å². The highest BCUT2D eigenvalue weighted by atomic mass is 16.5. The molecule has 5 aromatic heterocycles.